The number of aromatic amines is 1. The van der Waals surface area contributed by atoms with Gasteiger partial charge in [0.25, 0.3) is 5.56 Å². The molecule has 2 aromatic heterocycles. The Morgan fingerprint density at radius 1 is 1.19 bits per heavy atom. The molecule has 3 aromatic rings. The number of hydrogen-bond acceptors (Lipinski definition) is 7. The van der Waals surface area contributed by atoms with Crippen LogP contribution in [0.1, 0.15) is 24.4 Å². The number of nitrogens with two attached hydrogens (primary N) is 1. The van der Waals surface area contributed by atoms with Crippen LogP contribution in [0.4, 0.5) is 5.82 Å². The van der Waals surface area contributed by atoms with Gasteiger partial charge in [0.2, 0.25) is 0 Å². The zero-order chi connectivity index (χ0) is 21.6. The molecular formula is C21H19Cl2N5O2S. The minimum Gasteiger partial charge on any atom is -0.485 e. The van der Waals surface area contributed by atoms with Gasteiger partial charge >= 0.3 is 0 Å². The molecule has 160 valence electrons. The second-order valence-electron chi connectivity index (χ2n) is 7.59. The molecule has 7 nitrogen and oxygen atoms in total. The van der Waals surface area contributed by atoms with Gasteiger partial charge in [-0.15, -0.1) is 0 Å². The molecule has 5 rings (SSSR count). The van der Waals surface area contributed by atoms with Gasteiger partial charge in [-0.25, -0.2) is 9.97 Å². The molecule has 10 heteroatoms. The largest absolute Gasteiger partial charge is 0.485 e. The molecule has 0 saturated carbocycles. The third-order valence-electron chi connectivity index (χ3n) is 5.82. The third-order valence-corrected chi connectivity index (χ3v) is 7.68. The van der Waals surface area contributed by atoms with Crippen molar-refractivity contribution in [3.05, 3.63) is 68.8 Å². The number of nitrogens with zero attached hydrogens (tertiary/aromatic N) is 3. The lowest BCUT2D eigenvalue weighted by Crippen LogP contribution is -2.52. The van der Waals surface area contributed by atoms with E-state index in [4.69, 9.17) is 33.7 Å². The second-order valence-corrected chi connectivity index (χ2v) is 9.41. The number of hydrogen-bond donors (Lipinski definition) is 2. The van der Waals surface area contributed by atoms with Crippen molar-refractivity contribution in [2.45, 2.75) is 34.4 Å². The van der Waals surface area contributed by atoms with Crippen molar-refractivity contribution in [1.29, 1.82) is 0 Å². The first-order valence-electron chi connectivity index (χ1n) is 9.82. The average Bonchev–Trinajstić information content (AvgIpc) is 3.04. The highest BCUT2D eigenvalue weighted by molar-refractivity contribution is 7.99. The van der Waals surface area contributed by atoms with Gasteiger partial charge in [-0.05, 0) is 12.1 Å². The topological polar surface area (TPSA) is 97.1 Å². The van der Waals surface area contributed by atoms with Gasteiger partial charge in [0.1, 0.15) is 16.5 Å². The Hall–Kier alpha value is -2.26. The van der Waals surface area contributed by atoms with Crippen LogP contribution in [0.25, 0.3) is 0 Å². The maximum atomic E-state index is 12.7. The average molecular weight is 476 g/mol. The molecule has 31 heavy (non-hydrogen) atoms. The van der Waals surface area contributed by atoms with Crippen molar-refractivity contribution in [3.63, 3.8) is 0 Å². The number of pyridine rings is 1. The Bertz CT molecular complexity index is 1200. The number of fused-ring (bicyclic) bond motifs is 1. The Balaban J connectivity index is 1.30. The van der Waals surface area contributed by atoms with Gasteiger partial charge < -0.3 is 20.4 Å². The first-order valence-corrected chi connectivity index (χ1v) is 11.4. The number of aromatic nitrogens is 3. The molecule has 0 aliphatic carbocycles. The van der Waals surface area contributed by atoms with Crippen molar-refractivity contribution < 1.29 is 4.74 Å². The van der Waals surface area contributed by atoms with E-state index in [0.29, 0.717) is 46.7 Å². The summed E-state index contributed by atoms with van der Waals surface area (Å²) in [5, 5.41) is 1.13. The monoisotopic (exact) mass is 475 g/mol. The lowest BCUT2D eigenvalue weighted by atomic mass is 9.83. The van der Waals surface area contributed by atoms with E-state index in [1.165, 1.54) is 11.8 Å². The van der Waals surface area contributed by atoms with Crippen LogP contribution in [-0.4, -0.2) is 33.6 Å². The van der Waals surface area contributed by atoms with Crippen molar-refractivity contribution in [1.82, 2.24) is 15.0 Å². The number of ether oxygens (including phenoxy) is 1. The summed E-state index contributed by atoms with van der Waals surface area (Å²) in [5.41, 5.74) is 6.89. The molecule has 3 N–H and O–H groups in total. The molecule has 2 aliphatic rings. The summed E-state index contributed by atoms with van der Waals surface area (Å²) in [5.74, 6) is 1.25. The third kappa shape index (κ3) is 3.67. The Morgan fingerprint density at radius 3 is 2.71 bits per heavy atom. The smallest absolute Gasteiger partial charge is 0.291 e. The fourth-order valence-electron chi connectivity index (χ4n) is 4.16. The van der Waals surface area contributed by atoms with Crippen molar-refractivity contribution >= 4 is 40.8 Å². The van der Waals surface area contributed by atoms with E-state index in [-0.39, 0.29) is 16.8 Å². The fourth-order valence-corrected chi connectivity index (χ4v) is 5.40. The molecule has 4 heterocycles. The molecule has 0 radical (unpaired) electrons. The predicted molar refractivity (Wildman–Crippen MR) is 121 cm³/mol. The van der Waals surface area contributed by atoms with E-state index >= 15 is 0 Å². The molecule has 1 saturated heterocycles. The molecule has 0 unspecified atom stereocenters. The molecule has 1 fully saturated rings. The number of H-pyrrole nitrogens is 1. The van der Waals surface area contributed by atoms with Crippen molar-refractivity contribution in [3.8, 4) is 5.75 Å². The lowest BCUT2D eigenvalue weighted by molar-refractivity contribution is 0.0430. The molecule has 1 spiro atoms. The van der Waals surface area contributed by atoms with Gasteiger partial charge in [-0.2, -0.15) is 0 Å². The number of para-hydroxylation sites is 1. The van der Waals surface area contributed by atoms with Gasteiger partial charge in [-0.3, -0.25) is 4.79 Å². The van der Waals surface area contributed by atoms with Crippen LogP contribution in [0.2, 0.25) is 10.2 Å². The number of halogens is 2. The standard InChI is InChI=1S/C21H19Cl2N5O2S/c22-16-14(5-8-25-18(16)23)31-15-11-26-19(20(29)27-15)28-9-6-21(7-10-28)17(24)12-3-1-2-4-13(12)30-21/h1-5,8,11,17H,6-7,9-10,24H2,(H,27,29)/t17-/m1/s1. The van der Waals surface area contributed by atoms with Crippen LogP contribution in [0.3, 0.4) is 0 Å². The molecule has 2 aliphatic heterocycles. The first-order chi connectivity index (χ1) is 15.0. The maximum absolute atomic E-state index is 12.7. The highest BCUT2D eigenvalue weighted by Gasteiger charge is 2.48. The van der Waals surface area contributed by atoms with Crippen molar-refractivity contribution in [2.75, 3.05) is 18.0 Å². The van der Waals surface area contributed by atoms with Crippen LogP contribution in [0, 0.1) is 0 Å². The number of benzene rings is 1. The fraction of sp³-hybridized carbons (Fsp3) is 0.286. The van der Waals surface area contributed by atoms with Crippen LogP contribution < -0.4 is 20.9 Å². The van der Waals surface area contributed by atoms with E-state index in [1.54, 1.807) is 18.5 Å². The quantitative estimate of drug-likeness (QED) is 0.551. The highest BCUT2D eigenvalue weighted by atomic mass is 35.5. The number of rotatable bonds is 3. The Morgan fingerprint density at radius 2 is 1.97 bits per heavy atom. The van der Waals surface area contributed by atoms with E-state index < -0.39 is 5.60 Å². The molecule has 1 aromatic carbocycles. The zero-order valence-corrected chi connectivity index (χ0v) is 18.7. The van der Waals surface area contributed by atoms with E-state index in [0.717, 1.165) is 11.3 Å². The van der Waals surface area contributed by atoms with Gasteiger partial charge in [0, 0.05) is 42.6 Å². The molecule has 0 amide bonds. The summed E-state index contributed by atoms with van der Waals surface area (Å²) in [4.78, 5) is 26.6. The van der Waals surface area contributed by atoms with Crippen LogP contribution in [0.15, 0.2) is 57.4 Å². The lowest BCUT2D eigenvalue weighted by Gasteiger charge is -2.41. The molecular weight excluding hydrogens is 457 g/mol. The normalized spacial score (nSPS) is 19.3. The van der Waals surface area contributed by atoms with Gasteiger partial charge in [-0.1, -0.05) is 53.2 Å². The summed E-state index contributed by atoms with van der Waals surface area (Å²) >= 11 is 13.4. The van der Waals surface area contributed by atoms with Crippen LogP contribution >= 0.6 is 35.0 Å². The van der Waals surface area contributed by atoms with E-state index in [1.807, 2.05) is 29.2 Å². The van der Waals surface area contributed by atoms with Gasteiger partial charge in [0.15, 0.2) is 5.82 Å². The molecule has 1 atom stereocenters. The second kappa shape index (κ2) is 8.02. The van der Waals surface area contributed by atoms with E-state index in [9.17, 15) is 4.79 Å². The SMILES string of the molecule is N[C@@H]1c2ccccc2OC12CCN(c1ncc(Sc3ccnc(Cl)c3Cl)[nH]c1=O)CC2. The molecule has 0 bridgehead atoms. The first kappa shape index (κ1) is 20.6. The number of anilines is 1. The maximum Gasteiger partial charge on any atom is 0.291 e. The minimum absolute atomic E-state index is 0.173. The summed E-state index contributed by atoms with van der Waals surface area (Å²) in [7, 11) is 0. The number of piperidine rings is 1. The van der Waals surface area contributed by atoms with Gasteiger partial charge in [0.05, 0.1) is 22.3 Å². The summed E-state index contributed by atoms with van der Waals surface area (Å²) in [6.45, 7) is 1.27. The zero-order valence-electron chi connectivity index (χ0n) is 16.3. The van der Waals surface area contributed by atoms with E-state index in [2.05, 4.69) is 15.0 Å². The Labute approximate surface area is 192 Å². The summed E-state index contributed by atoms with van der Waals surface area (Å²) in [6.07, 6.45) is 4.62. The summed E-state index contributed by atoms with van der Waals surface area (Å²) in [6, 6.07) is 9.47. The van der Waals surface area contributed by atoms with Crippen LogP contribution in [0.5, 0.6) is 5.75 Å². The number of nitrogens with one attached hydrogen (secondary N) is 1. The minimum atomic E-state index is -0.430. The van der Waals surface area contributed by atoms with Crippen molar-refractivity contribution in [2.24, 2.45) is 5.73 Å². The Kier molecular flexibility index (Phi) is 5.34. The highest BCUT2D eigenvalue weighted by Crippen LogP contribution is 2.47. The summed E-state index contributed by atoms with van der Waals surface area (Å²) < 4.78 is 6.28. The predicted octanol–water partition coefficient (Wildman–Crippen LogP) is 4.05. The van der Waals surface area contributed by atoms with Crippen LogP contribution in [-0.2, 0) is 0 Å².